The Labute approximate surface area is 135 Å². The first kappa shape index (κ1) is 17.6. The smallest absolute Gasteiger partial charge is 0.293 e. The minimum Gasteiger partial charge on any atom is -0.376 e. The van der Waals surface area contributed by atoms with Crippen molar-refractivity contribution in [2.75, 3.05) is 19.0 Å². The Hall–Kier alpha value is -1.71. The molecule has 8 nitrogen and oxygen atoms in total. The monoisotopic (exact) mass is 343 g/mol. The first-order valence-electron chi connectivity index (χ1n) is 7.49. The zero-order valence-electron chi connectivity index (χ0n) is 13.1. The van der Waals surface area contributed by atoms with E-state index in [0.717, 1.165) is 25.3 Å². The van der Waals surface area contributed by atoms with E-state index in [9.17, 15) is 18.5 Å². The van der Waals surface area contributed by atoms with Gasteiger partial charge in [0.15, 0.2) is 0 Å². The molecule has 2 N–H and O–H groups in total. The Bertz CT molecular complexity index is 671. The molecule has 0 bridgehead atoms. The van der Waals surface area contributed by atoms with E-state index in [4.69, 9.17) is 4.74 Å². The number of ether oxygens (including phenoxy) is 1. The fourth-order valence-corrected chi connectivity index (χ4v) is 3.40. The fraction of sp³-hybridized carbons (Fsp3) is 0.571. The van der Waals surface area contributed by atoms with E-state index >= 15 is 0 Å². The first-order valence-corrected chi connectivity index (χ1v) is 8.97. The molecule has 1 heterocycles. The number of benzene rings is 1. The highest BCUT2D eigenvalue weighted by atomic mass is 32.2. The van der Waals surface area contributed by atoms with Crippen LogP contribution < -0.4 is 10.0 Å². The van der Waals surface area contributed by atoms with Gasteiger partial charge in [0, 0.05) is 12.7 Å². The molecule has 2 unspecified atom stereocenters. The number of nitrogens with zero attached hydrogens (tertiary/aromatic N) is 1. The average molecular weight is 343 g/mol. The Kier molecular flexibility index (Phi) is 5.55. The second-order valence-electron chi connectivity index (χ2n) is 5.35. The van der Waals surface area contributed by atoms with E-state index in [1.165, 1.54) is 19.2 Å². The summed E-state index contributed by atoms with van der Waals surface area (Å²) in [5.41, 5.74) is 0.0326. The van der Waals surface area contributed by atoms with Crippen LogP contribution in [-0.4, -0.2) is 39.1 Å². The summed E-state index contributed by atoms with van der Waals surface area (Å²) in [5, 5.41) is 14.4. The van der Waals surface area contributed by atoms with Gasteiger partial charge >= 0.3 is 0 Å². The van der Waals surface area contributed by atoms with Crippen molar-refractivity contribution < 1.29 is 18.1 Å². The van der Waals surface area contributed by atoms with E-state index in [-0.39, 0.29) is 22.7 Å². The maximum Gasteiger partial charge on any atom is 0.293 e. The van der Waals surface area contributed by atoms with Gasteiger partial charge in [-0.15, -0.1) is 0 Å². The van der Waals surface area contributed by atoms with Gasteiger partial charge < -0.3 is 10.1 Å². The lowest BCUT2D eigenvalue weighted by Gasteiger charge is -2.24. The normalized spacial score (nSPS) is 19.5. The quantitative estimate of drug-likeness (QED) is 0.577. The summed E-state index contributed by atoms with van der Waals surface area (Å²) in [5.74, 6) is 0. The van der Waals surface area contributed by atoms with Gasteiger partial charge in [-0.1, -0.05) is 6.92 Å². The number of hydrogen-bond donors (Lipinski definition) is 2. The molecule has 9 heteroatoms. The van der Waals surface area contributed by atoms with Crippen molar-refractivity contribution in [3.63, 3.8) is 0 Å². The highest BCUT2D eigenvalue weighted by molar-refractivity contribution is 7.89. The molecule has 0 aromatic heterocycles. The predicted octanol–water partition coefficient (Wildman–Crippen LogP) is 1.87. The van der Waals surface area contributed by atoms with Crippen molar-refractivity contribution in [1.82, 2.24) is 4.72 Å². The molecule has 0 radical (unpaired) electrons. The standard InChI is InChI=1S/C14H21N3O5S/c1-3-11(14-5-4-8-22-14)16-12-7-6-10(23(20,21)15-2)9-13(12)17(18)19/h6-7,9,11,14-16H,3-5,8H2,1-2H3. The molecule has 128 valence electrons. The lowest BCUT2D eigenvalue weighted by molar-refractivity contribution is -0.384. The molecule has 0 amide bonds. The third-order valence-corrected chi connectivity index (χ3v) is 5.35. The van der Waals surface area contributed by atoms with Gasteiger partial charge in [-0.2, -0.15) is 0 Å². The summed E-state index contributed by atoms with van der Waals surface area (Å²) in [4.78, 5) is 10.6. The van der Waals surface area contributed by atoms with Gasteiger partial charge in [0.2, 0.25) is 10.0 Å². The summed E-state index contributed by atoms with van der Waals surface area (Å²) in [6.45, 7) is 2.68. The van der Waals surface area contributed by atoms with Gasteiger partial charge in [0.1, 0.15) is 5.69 Å². The van der Waals surface area contributed by atoms with Crippen LogP contribution in [-0.2, 0) is 14.8 Å². The highest BCUT2D eigenvalue weighted by Gasteiger charge is 2.27. The van der Waals surface area contributed by atoms with Crippen LogP contribution in [0.2, 0.25) is 0 Å². The van der Waals surface area contributed by atoms with E-state index in [1.807, 2.05) is 6.92 Å². The largest absolute Gasteiger partial charge is 0.376 e. The van der Waals surface area contributed by atoms with Gasteiger partial charge in [0.05, 0.1) is 22.0 Å². The summed E-state index contributed by atoms with van der Waals surface area (Å²) < 4.78 is 31.4. The second kappa shape index (κ2) is 7.24. The summed E-state index contributed by atoms with van der Waals surface area (Å²) >= 11 is 0. The average Bonchev–Trinajstić information content (AvgIpc) is 3.06. The fourth-order valence-electron chi connectivity index (χ4n) is 2.65. The lowest BCUT2D eigenvalue weighted by Crippen LogP contribution is -2.32. The van der Waals surface area contributed by atoms with E-state index in [2.05, 4.69) is 10.0 Å². The Morgan fingerprint density at radius 2 is 2.22 bits per heavy atom. The molecule has 2 rings (SSSR count). The lowest BCUT2D eigenvalue weighted by atomic mass is 10.0. The summed E-state index contributed by atoms with van der Waals surface area (Å²) in [7, 11) is -2.47. The SMILES string of the molecule is CCC(Nc1ccc(S(=O)(=O)NC)cc1[N+](=O)[O-])C1CCCO1. The van der Waals surface area contributed by atoms with Crippen LogP contribution in [0.5, 0.6) is 0 Å². The minimum atomic E-state index is -3.73. The molecule has 0 aliphatic carbocycles. The molecule has 1 aliphatic rings. The molecule has 1 fully saturated rings. The topological polar surface area (TPSA) is 111 Å². The van der Waals surface area contributed by atoms with E-state index in [1.54, 1.807) is 0 Å². The molecule has 1 saturated heterocycles. The number of hydrogen-bond acceptors (Lipinski definition) is 6. The summed E-state index contributed by atoms with van der Waals surface area (Å²) in [6.07, 6.45) is 2.65. The van der Waals surface area contributed by atoms with Crippen LogP contribution in [0.4, 0.5) is 11.4 Å². The van der Waals surface area contributed by atoms with Crippen LogP contribution in [0.25, 0.3) is 0 Å². The highest BCUT2D eigenvalue weighted by Crippen LogP contribution is 2.30. The van der Waals surface area contributed by atoms with Crippen LogP contribution in [0.3, 0.4) is 0 Å². The maximum atomic E-state index is 11.8. The molecular weight excluding hydrogens is 322 g/mol. The molecule has 23 heavy (non-hydrogen) atoms. The Morgan fingerprint density at radius 1 is 1.48 bits per heavy atom. The van der Waals surface area contributed by atoms with Gasteiger partial charge in [0.25, 0.3) is 5.69 Å². The maximum absolute atomic E-state index is 11.8. The number of nitrogens with one attached hydrogen (secondary N) is 2. The van der Waals surface area contributed by atoms with E-state index in [0.29, 0.717) is 12.3 Å². The zero-order valence-corrected chi connectivity index (χ0v) is 13.9. The molecule has 0 saturated carbocycles. The van der Waals surface area contributed by atoms with Crippen LogP contribution in [0.1, 0.15) is 26.2 Å². The molecule has 2 atom stereocenters. The molecule has 1 aromatic rings. The summed E-state index contributed by atoms with van der Waals surface area (Å²) in [6, 6.07) is 3.79. The number of nitro groups is 1. The third-order valence-electron chi connectivity index (χ3n) is 3.94. The zero-order chi connectivity index (χ0) is 17.0. The van der Waals surface area contributed by atoms with Crippen molar-refractivity contribution in [3.8, 4) is 0 Å². The third kappa shape index (κ3) is 3.98. The van der Waals surface area contributed by atoms with Crippen LogP contribution in [0, 0.1) is 10.1 Å². The van der Waals surface area contributed by atoms with Crippen LogP contribution >= 0.6 is 0 Å². The van der Waals surface area contributed by atoms with Gasteiger partial charge in [-0.25, -0.2) is 13.1 Å². The molecule has 1 aliphatic heterocycles. The minimum absolute atomic E-state index is 0.0142. The number of anilines is 1. The van der Waals surface area contributed by atoms with Crippen molar-refractivity contribution in [3.05, 3.63) is 28.3 Å². The Balaban J connectivity index is 2.32. The predicted molar refractivity (Wildman–Crippen MR) is 86.0 cm³/mol. The van der Waals surface area contributed by atoms with Crippen molar-refractivity contribution in [1.29, 1.82) is 0 Å². The number of nitro benzene ring substituents is 1. The Morgan fingerprint density at radius 3 is 2.74 bits per heavy atom. The number of rotatable bonds is 7. The van der Waals surface area contributed by atoms with Crippen LogP contribution in [0.15, 0.2) is 23.1 Å². The first-order chi connectivity index (χ1) is 10.9. The van der Waals surface area contributed by atoms with Crippen molar-refractivity contribution in [2.24, 2.45) is 0 Å². The molecule has 1 aromatic carbocycles. The van der Waals surface area contributed by atoms with Gasteiger partial charge in [-0.3, -0.25) is 10.1 Å². The van der Waals surface area contributed by atoms with Crippen molar-refractivity contribution in [2.45, 2.75) is 43.2 Å². The second-order valence-corrected chi connectivity index (χ2v) is 7.24. The molecule has 0 spiro atoms. The molecular formula is C14H21N3O5S. The van der Waals surface area contributed by atoms with Crippen molar-refractivity contribution >= 4 is 21.4 Å². The number of sulfonamides is 1. The van der Waals surface area contributed by atoms with Gasteiger partial charge in [-0.05, 0) is 38.4 Å². The van der Waals surface area contributed by atoms with E-state index < -0.39 is 14.9 Å².